The van der Waals surface area contributed by atoms with Crippen molar-refractivity contribution in [3.8, 4) is 0 Å². The van der Waals surface area contributed by atoms with Gasteiger partial charge >= 0.3 is 0 Å². The molecule has 3 nitrogen and oxygen atoms in total. The molecular weight excluding hydrogens is 210 g/mol. The molecule has 0 aliphatic rings. The van der Waals surface area contributed by atoms with Crippen molar-refractivity contribution < 1.29 is 0 Å². The van der Waals surface area contributed by atoms with Gasteiger partial charge < -0.3 is 5.32 Å². The molecular formula is C14H25N3. The van der Waals surface area contributed by atoms with Crippen molar-refractivity contribution in [2.45, 2.75) is 52.5 Å². The Morgan fingerprint density at radius 2 is 1.88 bits per heavy atom. The molecule has 96 valence electrons. The quantitative estimate of drug-likeness (QED) is 0.751. The van der Waals surface area contributed by atoms with E-state index in [0.29, 0.717) is 12.0 Å². The van der Waals surface area contributed by atoms with E-state index in [2.05, 4.69) is 36.1 Å². The summed E-state index contributed by atoms with van der Waals surface area (Å²) in [5, 5.41) is 3.61. The molecule has 0 saturated carbocycles. The smallest absolute Gasteiger partial charge is 0.115 e. The first-order chi connectivity index (χ1) is 8.29. The minimum atomic E-state index is 0.391. The van der Waals surface area contributed by atoms with Crippen molar-refractivity contribution >= 4 is 0 Å². The lowest BCUT2D eigenvalue weighted by molar-refractivity contribution is 0.356. The van der Waals surface area contributed by atoms with E-state index < -0.39 is 0 Å². The number of nitrogens with one attached hydrogen (secondary N) is 1. The maximum Gasteiger partial charge on any atom is 0.115 e. The molecule has 1 aromatic heterocycles. The van der Waals surface area contributed by atoms with Crippen LogP contribution in [0.15, 0.2) is 18.7 Å². The van der Waals surface area contributed by atoms with E-state index >= 15 is 0 Å². The summed E-state index contributed by atoms with van der Waals surface area (Å²) in [5.74, 6) is 0.632. The summed E-state index contributed by atoms with van der Waals surface area (Å²) in [7, 11) is 0. The van der Waals surface area contributed by atoms with Crippen LogP contribution in [0.5, 0.6) is 0 Å². The van der Waals surface area contributed by atoms with Crippen LogP contribution in [0.2, 0.25) is 0 Å². The van der Waals surface area contributed by atoms with Gasteiger partial charge in [0.25, 0.3) is 0 Å². The van der Waals surface area contributed by atoms with Crippen molar-refractivity contribution in [3.63, 3.8) is 0 Å². The van der Waals surface area contributed by atoms with Gasteiger partial charge in [0.1, 0.15) is 6.33 Å². The van der Waals surface area contributed by atoms with E-state index in [0.717, 1.165) is 13.0 Å². The van der Waals surface area contributed by atoms with Crippen LogP contribution < -0.4 is 5.32 Å². The Morgan fingerprint density at radius 3 is 2.47 bits per heavy atom. The second-order valence-corrected chi connectivity index (χ2v) is 4.72. The van der Waals surface area contributed by atoms with Crippen LogP contribution in [0.1, 0.15) is 58.1 Å². The summed E-state index contributed by atoms with van der Waals surface area (Å²) in [5.41, 5.74) is 1.21. The lowest BCUT2D eigenvalue weighted by Crippen LogP contribution is -2.28. The van der Waals surface area contributed by atoms with Crippen molar-refractivity contribution in [2.75, 3.05) is 6.54 Å². The Kier molecular flexibility index (Phi) is 6.78. The average molecular weight is 235 g/mol. The minimum absolute atomic E-state index is 0.391. The molecule has 0 saturated heterocycles. The average Bonchev–Trinajstić information content (AvgIpc) is 2.38. The highest BCUT2D eigenvalue weighted by atomic mass is 14.9. The Labute approximate surface area is 105 Å². The zero-order valence-electron chi connectivity index (χ0n) is 11.3. The van der Waals surface area contributed by atoms with Crippen LogP contribution >= 0.6 is 0 Å². The molecule has 3 heteroatoms. The normalized spacial score (nSPS) is 14.5. The lowest BCUT2D eigenvalue weighted by atomic mass is 9.91. The summed E-state index contributed by atoms with van der Waals surface area (Å²) in [6.07, 6.45) is 10.4. The van der Waals surface area contributed by atoms with Gasteiger partial charge in [0.15, 0.2) is 0 Å². The van der Waals surface area contributed by atoms with Gasteiger partial charge in [-0.2, -0.15) is 0 Å². The maximum absolute atomic E-state index is 4.13. The highest BCUT2D eigenvalue weighted by Crippen LogP contribution is 2.25. The molecule has 0 amide bonds. The fraction of sp³-hybridized carbons (Fsp3) is 0.714. The van der Waals surface area contributed by atoms with Crippen LogP contribution in [0, 0.1) is 5.92 Å². The third kappa shape index (κ3) is 4.82. The zero-order valence-corrected chi connectivity index (χ0v) is 11.3. The molecule has 0 spiro atoms. The van der Waals surface area contributed by atoms with Crippen LogP contribution in [0.3, 0.4) is 0 Å². The molecule has 1 rings (SSSR count). The topological polar surface area (TPSA) is 37.8 Å². The predicted octanol–water partition coefficient (Wildman–Crippen LogP) is 3.34. The maximum atomic E-state index is 4.13. The first-order valence-electron chi connectivity index (χ1n) is 6.77. The van der Waals surface area contributed by atoms with E-state index in [1.54, 1.807) is 6.33 Å². The molecule has 0 fully saturated rings. The summed E-state index contributed by atoms with van der Waals surface area (Å²) < 4.78 is 0. The SMILES string of the molecule is CCCCC(C)C(NCCC)c1cncnc1. The predicted molar refractivity (Wildman–Crippen MR) is 71.8 cm³/mol. The largest absolute Gasteiger partial charge is 0.310 e. The lowest BCUT2D eigenvalue weighted by Gasteiger charge is -2.25. The molecule has 17 heavy (non-hydrogen) atoms. The van der Waals surface area contributed by atoms with Crippen molar-refractivity contribution in [1.29, 1.82) is 0 Å². The van der Waals surface area contributed by atoms with Crippen molar-refractivity contribution in [3.05, 3.63) is 24.3 Å². The second kappa shape index (κ2) is 8.18. The monoisotopic (exact) mass is 235 g/mol. The molecule has 0 radical (unpaired) electrons. The summed E-state index contributed by atoms with van der Waals surface area (Å²) in [6, 6.07) is 0.391. The van der Waals surface area contributed by atoms with Gasteiger partial charge in [0.05, 0.1) is 0 Å². The highest BCUT2D eigenvalue weighted by Gasteiger charge is 2.18. The van der Waals surface area contributed by atoms with Gasteiger partial charge in [-0.3, -0.25) is 0 Å². The standard InChI is InChI=1S/C14H25N3/c1-4-6-7-12(3)14(17-8-5-2)13-9-15-11-16-10-13/h9-12,14,17H,4-8H2,1-3H3. The van der Waals surface area contributed by atoms with E-state index in [-0.39, 0.29) is 0 Å². The Hall–Kier alpha value is -0.960. The van der Waals surface area contributed by atoms with Gasteiger partial charge in [-0.05, 0) is 25.3 Å². The Bertz CT molecular complexity index is 287. The Morgan fingerprint density at radius 1 is 1.18 bits per heavy atom. The van der Waals surface area contributed by atoms with Gasteiger partial charge in [-0.25, -0.2) is 9.97 Å². The molecule has 0 aliphatic heterocycles. The molecule has 1 aromatic rings. The van der Waals surface area contributed by atoms with Gasteiger partial charge in [-0.1, -0.05) is 33.6 Å². The number of unbranched alkanes of at least 4 members (excludes halogenated alkanes) is 1. The first kappa shape index (κ1) is 14.1. The highest BCUT2D eigenvalue weighted by molar-refractivity contribution is 5.10. The van der Waals surface area contributed by atoms with Crippen molar-refractivity contribution in [1.82, 2.24) is 15.3 Å². The van der Waals surface area contributed by atoms with Crippen molar-refractivity contribution in [2.24, 2.45) is 5.92 Å². The van der Waals surface area contributed by atoms with Crippen LogP contribution in [-0.4, -0.2) is 16.5 Å². The van der Waals surface area contributed by atoms with Crippen LogP contribution in [0.25, 0.3) is 0 Å². The second-order valence-electron chi connectivity index (χ2n) is 4.72. The third-order valence-corrected chi connectivity index (χ3v) is 3.14. The summed E-state index contributed by atoms with van der Waals surface area (Å²) >= 11 is 0. The van der Waals surface area contributed by atoms with Crippen LogP contribution in [-0.2, 0) is 0 Å². The summed E-state index contributed by atoms with van der Waals surface area (Å²) in [4.78, 5) is 8.25. The number of aromatic nitrogens is 2. The molecule has 1 N–H and O–H groups in total. The number of rotatable bonds is 8. The number of hydrogen-bond donors (Lipinski definition) is 1. The zero-order chi connectivity index (χ0) is 12.5. The van der Waals surface area contributed by atoms with Gasteiger partial charge in [0, 0.05) is 24.0 Å². The molecule has 0 aromatic carbocycles. The minimum Gasteiger partial charge on any atom is -0.310 e. The third-order valence-electron chi connectivity index (χ3n) is 3.14. The number of nitrogens with zero attached hydrogens (tertiary/aromatic N) is 2. The van der Waals surface area contributed by atoms with E-state index in [9.17, 15) is 0 Å². The van der Waals surface area contributed by atoms with E-state index in [1.807, 2.05) is 12.4 Å². The number of hydrogen-bond acceptors (Lipinski definition) is 3. The van der Waals surface area contributed by atoms with Gasteiger partial charge in [0.2, 0.25) is 0 Å². The Balaban J connectivity index is 2.66. The van der Waals surface area contributed by atoms with Gasteiger partial charge in [-0.15, -0.1) is 0 Å². The van der Waals surface area contributed by atoms with E-state index in [1.165, 1.54) is 24.8 Å². The fourth-order valence-electron chi connectivity index (χ4n) is 2.11. The molecule has 2 atom stereocenters. The van der Waals surface area contributed by atoms with E-state index in [4.69, 9.17) is 0 Å². The molecule has 1 heterocycles. The summed E-state index contributed by atoms with van der Waals surface area (Å²) in [6.45, 7) is 7.81. The fourth-order valence-corrected chi connectivity index (χ4v) is 2.11. The molecule has 0 bridgehead atoms. The molecule has 0 aliphatic carbocycles. The first-order valence-corrected chi connectivity index (χ1v) is 6.77. The molecule has 2 unspecified atom stereocenters. The van der Waals surface area contributed by atoms with Crippen LogP contribution in [0.4, 0.5) is 0 Å².